The van der Waals surface area contributed by atoms with E-state index in [1.165, 1.54) is 44.3 Å². The summed E-state index contributed by atoms with van der Waals surface area (Å²) in [4.78, 5) is 27.9. The zero-order chi connectivity index (χ0) is 23.6. The van der Waals surface area contributed by atoms with Crippen LogP contribution in [0.4, 0.5) is 5.69 Å². The molecule has 1 N–H and O–H groups in total. The summed E-state index contributed by atoms with van der Waals surface area (Å²) in [5, 5.41) is 3.20. The van der Waals surface area contributed by atoms with Gasteiger partial charge in [-0.15, -0.1) is 0 Å². The van der Waals surface area contributed by atoms with Crippen LogP contribution in [0, 0.1) is 6.92 Å². The van der Waals surface area contributed by atoms with E-state index in [1.807, 2.05) is 0 Å². The van der Waals surface area contributed by atoms with E-state index < -0.39 is 16.1 Å². The van der Waals surface area contributed by atoms with Gasteiger partial charge in [0.2, 0.25) is 15.9 Å². The molecule has 0 aliphatic carbocycles. The first-order chi connectivity index (χ1) is 15.1. The summed E-state index contributed by atoms with van der Waals surface area (Å²) in [6, 6.07) is 8.64. The van der Waals surface area contributed by atoms with Crippen molar-refractivity contribution in [1.29, 1.82) is 0 Å². The van der Waals surface area contributed by atoms with Gasteiger partial charge in [-0.1, -0.05) is 17.7 Å². The van der Waals surface area contributed by atoms with Crippen molar-refractivity contribution in [3.05, 3.63) is 52.5 Å². The van der Waals surface area contributed by atoms with Gasteiger partial charge >= 0.3 is 0 Å². The molecule has 0 spiro atoms. The summed E-state index contributed by atoms with van der Waals surface area (Å²) in [6.45, 7) is 2.19. The smallest absolute Gasteiger partial charge is 0.258 e. The SMILES string of the molecule is COc1ccc(Cl)cc1C(=O)N1CCCC1C(=O)Nc1cc(S(=O)(=O)N(C)C)ccc1C. The third kappa shape index (κ3) is 4.74. The zero-order valence-electron chi connectivity index (χ0n) is 18.4. The molecule has 1 aliphatic heterocycles. The van der Waals surface area contributed by atoms with E-state index in [-0.39, 0.29) is 22.3 Å². The highest BCUT2D eigenvalue weighted by Gasteiger charge is 2.36. The van der Waals surface area contributed by atoms with Crippen LogP contribution >= 0.6 is 11.6 Å². The number of halogens is 1. The van der Waals surface area contributed by atoms with Crippen LogP contribution in [0.3, 0.4) is 0 Å². The number of benzene rings is 2. The zero-order valence-corrected chi connectivity index (χ0v) is 20.0. The van der Waals surface area contributed by atoms with Crippen molar-refractivity contribution in [3.8, 4) is 5.75 Å². The largest absolute Gasteiger partial charge is 0.496 e. The lowest BCUT2D eigenvalue weighted by molar-refractivity contribution is -0.119. The topological polar surface area (TPSA) is 96.0 Å². The van der Waals surface area contributed by atoms with Crippen LogP contribution in [0.1, 0.15) is 28.8 Å². The normalized spacial score (nSPS) is 16.3. The number of likely N-dealkylation sites (tertiary alicyclic amines) is 1. The van der Waals surface area contributed by atoms with Crippen LogP contribution in [0.15, 0.2) is 41.3 Å². The van der Waals surface area contributed by atoms with Gasteiger partial charge < -0.3 is 15.0 Å². The summed E-state index contributed by atoms with van der Waals surface area (Å²) in [6.07, 6.45) is 1.16. The number of anilines is 1. The predicted molar refractivity (Wildman–Crippen MR) is 123 cm³/mol. The Bertz CT molecular complexity index is 1150. The van der Waals surface area contributed by atoms with Gasteiger partial charge in [0, 0.05) is 31.4 Å². The lowest BCUT2D eigenvalue weighted by atomic mass is 10.1. The summed E-state index contributed by atoms with van der Waals surface area (Å²) < 4.78 is 31.3. The number of methoxy groups -OCH3 is 1. The predicted octanol–water partition coefficient (Wildman–Crippen LogP) is 3.15. The number of nitrogens with zero attached hydrogens (tertiary/aromatic N) is 2. The van der Waals surface area contributed by atoms with Gasteiger partial charge in [-0.2, -0.15) is 0 Å². The first-order valence-corrected chi connectivity index (χ1v) is 11.9. The molecule has 1 fully saturated rings. The number of carbonyl (C=O) groups is 2. The van der Waals surface area contributed by atoms with Gasteiger partial charge in [0.1, 0.15) is 11.8 Å². The van der Waals surface area contributed by atoms with Crippen LogP contribution in [0.2, 0.25) is 5.02 Å². The second-order valence-corrected chi connectivity index (χ2v) is 10.3. The van der Waals surface area contributed by atoms with Crippen molar-refractivity contribution in [3.63, 3.8) is 0 Å². The Morgan fingerprint density at radius 1 is 1.19 bits per heavy atom. The molecular formula is C22H26ClN3O5S. The number of nitrogens with one attached hydrogen (secondary N) is 1. The highest BCUT2D eigenvalue weighted by atomic mass is 35.5. The maximum Gasteiger partial charge on any atom is 0.258 e. The number of amides is 2. The fourth-order valence-corrected chi connectivity index (χ4v) is 4.71. The number of aryl methyl sites for hydroxylation is 1. The minimum atomic E-state index is -3.65. The maximum absolute atomic E-state index is 13.2. The Kier molecular flexibility index (Phi) is 7.12. The van der Waals surface area contributed by atoms with Crippen molar-refractivity contribution in [1.82, 2.24) is 9.21 Å². The summed E-state index contributed by atoms with van der Waals surface area (Å²) >= 11 is 6.06. The molecule has 1 aliphatic rings. The molecule has 1 atom stereocenters. The monoisotopic (exact) mass is 479 g/mol. The fraction of sp³-hybridized carbons (Fsp3) is 0.364. The quantitative estimate of drug-likeness (QED) is 0.686. The van der Waals surface area contributed by atoms with E-state index in [1.54, 1.807) is 25.1 Å². The molecule has 8 nitrogen and oxygen atoms in total. The highest BCUT2D eigenvalue weighted by Crippen LogP contribution is 2.29. The summed E-state index contributed by atoms with van der Waals surface area (Å²) in [5.74, 6) is -0.343. The Hall–Kier alpha value is -2.62. The van der Waals surface area contributed by atoms with Gasteiger partial charge in [0.15, 0.2) is 0 Å². The van der Waals surface area contributed by atoms with E-state index in [4.69, 9.17) is 16.3 Å². The number of rotatable bonds is 6. The Balaban J connectivity index is 1.86. The van der Waals surface area contributed by atoms with Gasteiger partial charge in [0.05, 0.1) is 17.6 Å². The van der Waals surface area contributed by atoms with E-state index in [2.05, 4.69) is 5.32 Å². The Labute approximate surface area is 193 Å². The molecule has 0 bridgehead atoms. The third-order valence-electron chi connectivity index (χ3n) is 5.45. The second kappa shape index (κ2) is 9.48. The summed E-state index contributed by atoms with van der Waals surface area (Å²) in [5.41, 5.74) is 1.39. The average molecular weight is 480 g/mol. The van der Waals surface area contributed by atoms with Crippen molar-refractivity contribution >= 4 is 39.1 Å². The standard InChI is InChI=1S/C22H26ClN3O5S/c1-14-7-9-16(32(29,30)25(2)3)13-18(14)24-21(27)19-6-5-11-26(19)22(28)17-12-15(23)8-10-20(17)31-4/h7-10,12-13,19H,5-6,11H2,1-4H3,(H,24,27). The van der Waals surface area contributed by atoms with E-state index in [0.717, 1.165) is 4.31 Å². The molecule has 32 heavy (non-hydrogen) atoms. The van der Waals surface area contributed by atoms with E-state index in [0.29, 0.717) is 41.4 Å². The molecule has 0 radical (unpaired) electrons. The van der Waals surface area contributed by atoms with Crippen LogP contribution in [-0.4, -0.2) is 63.2 Å². The fourth-order valence-electron chi connectivity index (χ4n) is 3.61. The molecule has 0 saturated carbocycles. The van der Waals surface area contributed by atoms with Crippen LogP contribution in [0.5, 0.6) is 5.75 Å². The lowest BCUT2D eigenvalue weighted by Gasteiger charge is -2.25. The van der Waals surface area contributed by atoms with Gasteiger partial charge in [0.25, 0.3) is 5.91 Å². The van der Waals surface area contributed by atoms with Crippen molar-refractivity contribution < 1.29 is 22.7 Å². The molecule has 1 unspecified atom stereocenters. The molecule has 0 aromatic heterocycles. The molecule has 2 aromatic carbocycles. The average Bonchev–Trinajstić information content (AvgIpc) is 3.24. The minimum absolute atomic E-state index is 0.0754. The number of carbonyl (C=O) groups excluding carboxylic acids is 2. The highest BCUT2D eigenvalue weighted by molar-refractivity contribution is 7.89. The van der Waals surface area contributed by atoms with Crippen LogP contribution in [0.25, 0.3) is 0 Å². The van der Waals surface area contributed by atoms with Crippen molar-refractivity contribution in [2.45, 2.75) is 30.7 Å². The molecule has 2 aromatic rings. The Morgan fingerprint density at radius 2 is 1.91 bits per heavy atom. The Morgan fingerprint density at radius 3 is 2.56 bits per heavy atom. The van der Waals surface area contributed by atoms with Gasteiger partial charge in [-0.05, 0) is 55.7 Å². The van der Waals surface area contributed by atoms with E-state index in [9.17, 15) is 18.0 Å². The molecule has 2 amide bonds. The number of ether oxygens (including phenoxy) is 1. The molecule has 1 saturated heterocycles. The van der Waals surface area contributed by atoms with Crippen LogP contribution < -0.4 is 10.1 Å². The lowest BCUT2D eigenvalue weighted by Crippen LogP contribution is -2.43. The minimum Gasteiger partial charge on any atom is -0.496 e. The number of hydrogen-bond acceptors (Lipinski definition) is 5. The summed E-state index contributed by atoms with van der Waals surface area (Å²) in [7, 11) is 0.700. The van der Waals surface area contributed by atoms with Crippen LogP contribution in [-0.2, 0) is 14.8 Å². The molecular weight excluding hydrogens is 454 g/mol. The third-order valence-corrected chi connectivity index (χ3v) is 7.50. The van der Waals surface area contributed by atoms with E-state index >= 15 is 0 Å². The van der Waals surface area contributed by atoms with Crippen molar-refractivity contribution in [2.75, 3.05) is 33.1 Å². The molecule has 3 rings (SSSR count). The van der Waals surface area contributed by atoms with Gasteiger partial charge in [-0.3, -0.25) is 9.59 Å². The van der Waals surface area contributed by atoms with Crippen molar-refractivity contribution in [2.24, 2.45) is 0 Å². The first-order valence-electron chi connectivity index (χ1n) is 10.0. The molecule has 1 heterocycles. The maximum atomic E-state index is 13.2. The van der Waals surface area contributed by atoms with Gasteiger partial charge in [-0.25, -0.2) is 12.7 Å². The number of sulfonamides is 1. The second-order valence-electron chi connectivity index (χ2n) is 7.75. The number of hydrogen-bond donors (Lipinski definition) is 1. The first kappa shape index (κ1) is 24.0. The molecule has 172 valence electrons. The molecule has 10 heteroatoms.